The summed E-state index contributed by atoms with van der Waals surface area (Å²) in [6, 6.07) is 18.5. The van der Waals surface area contributed by atoms with Crippen molar-refractivity contribution >= 4 is 56.5 Å². The number of carbonyl (C=O) groups excluding carboxylic acids is 2. The molecule has 0 saturated carbocycles. The van der Waals surface area contributed by atoms with E-state index in [4.69, 9.17) is 0 Å². The molecule has 3 aromatic carbocycles. The van der Waals surface area contributed by atoms with Gasteiger partial charge in [0.25, 0.3) is 5.91 Å². The van der Waals surface area contributed by atoms with Gasteiger partial charge >= 0.3 is 0 Å². The average molecular weight is 452 g/mol. The Hall–Kier alpha value is -3.23. The first-order chi connectivity index (χ1) is 15.0. The third kappa shape index (κ3) is 5.48. The van der Waals surface area contributed by atoms with Crippen LogP contribution in [0, 0.1) is 12.7 Å². The standard InChI is InChI=1S/C23H18FN3O2S2/c1-14-3-2-4-17(11-14)25-21(28)13-30-23-27-19-10-9-18(12-20(19)31-23)26-22(29)15-5-7-16(24)8-6-15/h2-12H,13H2,1H3,(H,25,28)(H,26,29). The van der Waals surface area contributed by atoms with Crippen LogP contribution in [0.5, 0.6) is 0 Å². The van der Waals surface area contributed by atoms with Crippen LogP contribution in [0.3, 0.4) is 0 Å². The number of nitrogens with zero attached hydrogens (tertiary/aromatic N) is 1. The van der Waals surface area contributed by atoms with Crippen molar-refractivity contribution in [2.45, 2.75) is 11.3 Å². The number of nitrogens with one attached hydrogen (secondary N) is 2. The Balaban J connectivity index is 1.38. The molecule has 0 unspecified atom stereocenters. The van der Waals surface area contributed by atoms with Crippen LogP contribution in [0.1, 0.15) is 15.9 Å². The second kappa shape index (κ2) is 9.28. The molecule has 156 valence electrons. The number of aromatic nitrogens is 1. The van der Waals surface area contributed by atoms with Crippen LogP contribution < -0.4 is 10.6 Å². The maximum atomic E-state index is 13.0. The Kier molecular flexibility index (Phi) is 6.29. The number of hydrogen-bond acceptors (Lipinski definition) is 5. The van der Waals surface area contributed by atoms with Gasteiger partial charge in [-0.3, -0.25) is 9.59 Å². The maximum absolute atomic E-state index is 13.0. The van der Waals surface area contributed by atoms with Crippen LogP contribution in [-0.2, 0) is 4.79 Å². The van der Waals surface area contributed by atoms with E-state index in [2.05, 4.69) is 15.6 Å². The highest BCUT2D eigenvalue weighted by Gasteiger charge is 2.11. The number of halogens is 1. The van der Waals surface area contributed by atoms with E-state index in [9.17, 15) is 14.0 Å². The van der Waals surface area contributed by atoms with E-state index in [-0.39, 0.29) is 23.4 Å². The van der Waals surface area contributed by atoms with Crippen LogP contribution in [0.2, 0.25) is 0 Å². The lowest BCUT2D eigenvalue weighted by Gasteiger charge is -2.05. The lowest BCUT2D eigenvalue weighted by molar-refractivity contribution is -0.113. The zero-order chi connectivity index (χ0) is 21.8. The van der Waals surface area contributed by atoms with Crippen LogP contribution in [0.15, 0.2) is 71.1 Å². The molecule has 1 aromatic heterocycles. The Morgan fingerprint density at radius 3 is 2.55 bits per heavy atom. The molecule has 2 amide bonds. The second-order valence-electron chi connectivity index (χ2n) is 6.83. The number of hydrogen-bond donors (Lipinski definition) is 2. The summed E-state index contributed by atoms with van der Waals surface area (Å²) in [7, 11) is 0. The molecule has 0 fully saturated rings. The molecular formula is C23H18FN3O2S2. The second-order valence-corrected chi connectivity index (χ2v) is 9.08. The molecule has 0 aliphatic carbocycles. The van der Waals surface area contributed by atoms with Crippen molar-refractivity contribution in [3.63, 3.8) is 0 Å². The van der Waals surface area contributed by atoms with E-state index in [0.29, 0.717) is 11.3 Å². The smallest absolute Gasteiger partial charge is 0.255 e. The van der Waals surface area contributed by atoms with Crippen molar-refractivity contribution in [2.24, 2.45) is 0 Å². The number of amides is 2. The minimum atomic E-state index is -0.389. The highest BCUT2D eigenvalue weighted by Crippen LogP contribution is 2.31. The van der Waals surface area contributed by atoms with Crippen molar-refractivity contribution < 1.29 is 14.0 Å². The first-order valence-corrected chi connectivity index (χ1v) is 11.2. The van der Waals surface area contributed by atoms with Gasteiger partial charge in [-0.05, 0) is 67.1 Å². The Morgan fingerprint density at radius 1 is 1.00 bits per heavy atom. The molecule has 0 bridgehead atoms. The summed E-state index contributed by atoms with van der Waals surface area (Å²) >= 11 is 2.83. The number of aryl methyl sites for hydroxylation is 1. The van der Waals surface area contributed by atoms with Crippen LogP contribution in [0.25, 0.3) is 10.2 Å². The first kappa shape index (κ1) is 21.0. The van der Waals surface area contributed by atoms with Gasteiger partial charge in [0.15, 0.2) is 4.34 Å². The van der Waals surface area contributed by atoms with E-state index in [1.165, 1.54) is 47.4 Å². The largest absolute Gasteiger partial charge is 0.325 e. The zero-order valence-electron chi connectivity index (χ0n) is 16.5. The molecule has 1 heterocycles. The average Bonchev–Trinajstić information content (AvgIpc) is 3.15. The highest BCUT2D eigenvalue weighted by atomic mass is 32.2. The van der Waals surface area contributed by atoms with Gasteiger partial charge in [0, 0.05) is 16.9 Å². The fourth-order valence-electron chi connectivity index (χ4n) is 2.89. The summed E-state index contributed by atoms with van der Waals surface area (Å²) in [6.07, 6.45) is 0. The Morgan fingerprint density at radius 2 is 1.77 bits per heavy atom. The van der Waals surface area contributed by atoms with Crippen LogP contribution >= 0.6 is 23.1 Å². The van der Waals surface area contributed by atoms with Crippen molar-refractivity contribution in [3.8, 4) is 0 Å². The SMILES string of the molecule is Cc1cccc(NC(=O)CSc2nc3ccc(NC(=O)c4ccc(F)cc4)cc3s2)c1. The fraction of sp³-hybridized carbons (Fsp3) is 0.0870. The molecule has 31 heavy (non-hydrogen) atoms. The number of rotatable bonds is 6. The molecule has 0 spiro atoms. The summed E-state index contributed by atoms with van der Waals surface area (Å²) in [5, 5.41) is 5.69. The topological polar surface area (TPSA) is 71.1 Å². The summed E-state index contributed by atoms with van der Waals surface area (Å²) < 4.78 is 14.7. The Bertz CT molecular complexity index is 1260. The van der Waals surface area contributed by atoms with E-state index in [1.807, 2.05) is 43.3 Å². The molecule has 2 N–H and O–H groups in total. The third-order valence-electron chi connectivity index (χ3n) is 4.36. The van der Waals surface area contributed by atoms with E-state index >= 15 is 0 Å². The molecule has 0 aliphatic heterocycles. The molecular weight excluding hydrogens is 433 g/mol. The molecule has 4 aromatic rings. The minimum Gasteiger partial charge on any atom is -0.325 e. The third-order valence-corrected chi connectivity index (χ3v) is 6.52. The molecule has 4 rings (SSSR count). The molecule has 0 aliphatic rings. The normalized spacial score (nSPS) is 10.8. The predicted molar refractivity (Wildman–Crippen MR) is 125 cm³/mol. The highest BCUT2D eigenvalue weighted by molar-refractivity contribution is 8.01. The number of thioether (sulfide) groups is 1. The van der Waals surface area contributed by atoms with E-state index < -0.39 is 0 Å². The van der Waals surface area contributed by atoms with Gasteiger partial charge in [0.05, 0.1) is 16.0 Å². The van der Waals surface area contributed by atoms with Crippen LogP contribution in [-0.4, -0.2) is 22.6 Å². The minimum absolute atomic E-state index is 0.0953. The predicted octanol–water partition coefficient (Wildman–Crippen LogP) is 5.73. The van der Waals surface area contributed by atoms with Gasteiger partial charge in [-0.2, -0.15) is 0 Å². The van der Waals surface area contributed by atoms with Gasteiger partial charge in [0.1, 0.15) is 5.82 Å². The molecule has 0 radical (unpaired) electrons. The van der Waals surface area contributed by atoms with Gasteiger partial charge in [0.2, 0.25) is 5.91 Å². The molecule has 5 nitrogen and oxygen atoms in total. The van der Waals surface area contributed by atoms with Crippen molar-refractivity contribution in [3.05, 3.63) is 83.7 Å². The summed E-state index contributed by atoms with van der Waals surface area (Å²) in [5.74, 6) is -0.546. The van der Waals surface area contributed by atoms with Crippen molar-refractivity contribution in [1.29, 1.82) is 0 Å². The van der Waals surface area contributed by atoms with Crippen LogP contribution in [0.4, 0.5) is 15.8 Å². The fourth-order valence-corrected chi connectivity index (χ4v) is 4.80. The molecule has 8 heteroatoms. The van der Waals surface area contributed by atoms with Crippen molar-refractivity contribution in [1.82, 2.24) is 4.98 Å². The lowest BCUT2D eigenvalue weighted by Crippen LogP contribution is -2.13. The Labute approximate surface area is 186 Å². The number of benzene rings is 3. The summed E-state index contributed by atoms with van der Waals surface area (Å²) in [4.78, 5) is 29.1. The van der Waals surface area contributed by atoms with Crippen molar-refractivity contribution in [2.75, 3.05) is 16.4 Å². The molecule has 0 saturated heterocycles. The number of anilines is 2. The summed E-state index contributed by atoms with van der Waals surface area (Å²) in [6.45, 7) is 1.97. The quantitative estimate of drug-likeness (QED) is 0.368. The monoisotopic (exact) mass is 451 g/mol. The van der Waals surface area contributed by atoms with E-state index in [0.717, 1.165) is 25.8 Å². The number of carbonyl (C=O) groups is 2. The first-order valence-electron chi connectivity index (χ1n) is 9.43. The number of fused-ring (bicyclic) bond motifs is 1. The van der Waals surface area contributed by atoms with E-state index in [1.54, 1.807) is 6.07 Å². The van der Waals surface area contributed by atoms with Gasteiger partial charge in [-0.15, -0.1) is 11.3 Å². The van der Waals surface area contributed by atoms with Gasteiger partial charge in [-0.1, -0.05) is 23.9 Å². The lowest BCUT2D eigenvalue weighted by atomic mass is 10.2. The van der Waals surface area contributed by atoms with Gasteiger partial charge < -0.3 is 10.6 Å². The maximum Gasteiger partial charge on any atom is 0.255 e. The zero-order valence-corrected chi connectivity index (χ0v) is 18.1. The summed E-state index contributed by atoms with van der Waals surface area (Å²) in [5.41, 5.74) is 3.66. The number of thiazole rings is 1. The van der Waals surface area contributed by atoms with Gasteiger partial charge in [-0.25, -0.2) is 9.37 Å². The molecule has 0 atom stereocenters.